The van der Waals surface area contributed by atoms with Crippen LogP contribution in [-0.4, -0.2) is 13.0 Å². The van der Waals surface area contributed by atoms with Gasteiger partial charge in [-0.05, 0) is 31.9 Å². The van der Waals surface area contributed by atoms with Gasteiger partial charge in [-0.3, -0.25) is 0 Å². The molecular formula is C9H10BBrO. The Morgan fingerprint density at radius 3 is 2.08 bits per heavy atom. The second-order valence-corrected chi connectivity index (χ2v) is 3.74. The standard InChI is InChI=1S/C9H10BBrO/c1-4-7(10)5(2)9(12)6(3)8(4)11/h12H,1-3H3. The molecule has 0 heterocycles. The van der Waals surface area contributed by atoms with Gasteiger partial charge in [0.05, 0.1) is 0 Å². The van der Waals surface area contributed by atoms with Crippen LogP contribution in [0.2, 0.25) is 0 Å². The van der Waals surface area contributed by atoms with Gasteiger partial charge in [0.2, 0.25) is 0 Å². The second kappa shape index (κ2) is 3.13. The van der Waals surface area contributed by atoms with Gasteiger partial charge in [-0.1, -0.05) is 21.4 Å². The fourth-order valence-corrected chi connectivity index (χ4v) is 1.59. The monoisotopic (exact) mass is 224 g/mol. The van der Waals surface area contributed by atoms with Gasteiger partial charge in [-0.25, -0.2) is 0 Å². The van der Waals surface area contributed by atoms with Crippen molar-refractivity contribution in [1.29, 1.82) is 0 Å². The first-order valence-corrected chi connectivity index (χ1v) is 4.49. The fraction of sp³-hybridized carbons (Fsp3) is 0.333. The average Bonchev–Trinajstić information content (AvgIpc) is 2.08. The van der Waals surface area contributed by atoms with Crippen LogP contribution in [0.3, 0.4) is 0 Å². The molecule has 62 valence electrons. The molecule has 12 heavy (non-hydrogen) atoms. The maximum absolute atomic E-state index is 9.58. The summed E-state index contributed by atoms with van der Waals surface area (Å²) in [5.74, 6) is 0.282. The third-order valence-electron chi connectivity index (χ3n) is 2.18. The zero-order valence-corrected chi connectivity index (χ0v) is 8.99. The van der Waals surface area contributed by atoms with Crippen LogP contribution >= 0.6 is 15.9 Å². The lowest BCUT2D eigenvalue weighted by Crippen LogP contribution is -2.13. The van der Waals surface area contributed by atoms with Gasteiger partial charge < -0.3 is 5.11 Å². The van der Waals surface area contributed by atoms with E-state index in [1.54, 1.807) is 0 Å². The largest absolute Gasteiger partial charge is 0.507 e. The summed E-state index contributed by atoms with van der Waals surface area (Å²) in [4.78, 5) is 0. The SMILES string of the molecule is [B]c1c(C)c(O)c(C)c(Br)c1C. The number of phenols is 1. The van der Waals surface area contributed by atoms with Crippen LogP contribution in [0.15, 0.2) is 4.47 Å². The van der Waals surface area contributed by atoms with Crippen LogP contribution in [0, 0.1) is 20.8 Å². The van der Waals surface area contributed by atoms with Crippen molar-refractivity contribution in [3.05, 3.63) is 21.2 Å². The Labute approximate surface area is 82.3 Å². The van der Waals surface area contributed by atoms with Crippen molar-refractivity contribution in [2.24, 2.45) is 0 Å². The molecule has 0 aliphatic carbocycles. The molecule has 1 aromatic rings. The van der Waals surface area contributed by atoms with Gasteiger partial charge in [-0.2, -0.15) is 0 Å². The van der Waals surface area contributed by atoms with Crippen LogP contribution in [0.4, 0.5) is 0 Å². The van der Waals surface area contributed by atoms with Crippen LogP contribution < -0.4 is 5.46 Å². The topological polar surface area (TPSA) is 20.2 Å². The molecule has 3 heteroatoms. The smallest absolute Gasteiger partial charge is 0.121 e. The molecule has 1 aromatic carbocycles. The molecule has 1 N–H and O–H groups in total. The van der Waals surface area contributed by atoms with E-state index in [2.05, 4.69) is 15.9 Å². The predicted octanol–water partition coefficient (Wildman–Crippen LogP) is 1.87. The van der Waals surface area contributed by atoms with Gasteiger partial charge >= 0.3 is 0 Å². The Morgan fingerprint density at radius 2 is 1.58 bits per heavy atom. The molecule has 0 fully saturated rings. The second-order valence-electron chi connectivity index (χ2n) is 2.95. The molecule has 0 saturated carbocycles. The fourth-order valence-electron chi connectivity index (χ4n) is 1.19. The van der Waals surface area contributed by atoms with E-state index in [1.165, 1.54) is 0 Å². The summed E-state index contributed by atoms with van der Waals surface area (Å²) in [5, 5.41) is 9.58. The number of phenolic OH excluding ortho intramolecular Hbond substituents is 1. The minimum absolute atomic E-state index is 0.282. The Hall–Kier alpha value is -0.435. The zero-order valence-electron chi connectivity index (χ0n) is 7.40. The number of halogens is 1. The zero-order chi connectivity index (χ0) is 9.46. The lowest BCUT2D eigenvalue weighted by Gasteiger charge is -2.13. The lowest BCUT2D eigenvalue weighted by molar-refractivity contribution is 0.467. The normalized spacial score (nSPS) is 10.3. The molecule has 0 spiro atoms. The first kappa shape index (κ1) is 9.65. The highest BCUT2D eigenvalue weighted by Gasteiger charge is 2.10. The highest BCUT2D eigenvalue weighted by molar-refractivity contribution is 9.10. The molecule has 0 aliphatic rings. The maximum Gasteiger partial charge on any atom is 0.121 e. The third kappa shape index (κ3) is 1.26. The van der Waals surface area contributed by atoms with E-state index in [-0.39, 0.29) is 5.75 Å². The summed E-state index contributed by atoms with van der Waals surface area (Å²) in [6.45, 7) is 5.61. The molecule has 0 aliphatic heterocycles. The predicted molar refractivity (Wildman–Crippen MR) is 55.4 cm³/mol. The molecule has 1 rings (SSSR count). The summed E-state index contributed by atoms with van der Waals surface area (Å²) in [5.41, 5.74) is 3.25. The molecule has 1 nitrogen and oxygen atoms in total. The molecular weight excluding hydrogens is 215 g/mol. The highest BCUT2D eigenvalue weighted by Crippen LogP contribution is 2.29. The molecule has 0 saturated heterocycles. The van der Waals surface area contributed by atoms with E-state index < -0.39 is 0 Å². The quantitative estimate of drug-likeness (QED) is 0.668. The average molecular weight is 225 g/mol. The summed E-state index contributed by atoms with van der Waals surface area (Å²) in [6.07, 6.45) is 0. The van der Waals surface area contributed by atoms with Crippen molar-refractivity contribution >= 4 is 29.2 Å². The van der Waals surface area contributed by atoms with E-state index in [0.717, 1.165) is 21.2 Å². The molecule has 0 unspecified atom stereocenters. The number of aromatic hydroxyl groups is 1. The first-order valence-electron chi connectivity index (χ1n) is 3.70. The Kier molecular flexibility index (Phi) is 2.52. The minimum atomic E-state index is 0.282. The first-order chi connectivity index (χ1) is 5.46. The van der Waals surface area contributed by atoms with Crippen molar-refractivity contribution in [2.75, 3.05) is 0 Å². The molecule has 0 atom stereocenters. The summed E-state index contributed by atoms with van der Waals surface area (Å²) in [7, 11) is 5.76. The van der Waals surface area contributed by atoms with Crippen molar-refractivity contribution in [2.45, 2.75) is 20.8 Å². The van der Waals surface area contributed by atoms with Gasteiger partial charge in [-0.15, -0.1) is 0 Å². The summed E-state index contributed by atoms with van der Waals surface area (Å²) < 4.78 is 0.892. The van der Waals surface area contributed by atoms with Crippen LogP contribution in [0.25, 0.3) is 0 Å². The van der Waals surface area contributed by atoms with E-state index in [9.17, 15) is 5.11 Å². The molecule has 0 amide bonds. The Bertz CT molecular complexity index is 229. The maximum atomic E-state index is 9.58. The van der Waals surface area contributed by atoms with Crippen LogP contribution in [-0.2, 0) is 0 Å². The van der Waals surface area contributed by atoms with Crippen molar-refractivity contribution < 1.29 is 5.11 Å². The van der Waals surface area contributed by atoms with Crippen molar-refractivity contribution in [3.63, 3.8) is 0 Å². The van der Waals surface area contributed by atoms with Gasteiger partial charge in [0, 0.05) is 10.0 Å². The van der Waals surface area contributed by atoms with Crippen molar-refractivity contribution in [3.8, 4) is 5.75 Å². The highest BCUT2D eigenvalue weighted by atomic mass is 79.9. The number of benzene rings is 1. The van der Waals surface area contributed by atoms with E-state index >= 15 is 0 Å². The summed E-state index contributed by atoms with van der Waals surface area (Å²) >= 11 is 3.37. The molecule has 2 radical (unpaired) electrons. The minimum Gasteiger partial charge on any atom is -0.507 e. The summed E-state index contributed by atoms with van der Waals surface area (Å²) in [6, 6.07) is 0. The number of hydrogen-bond donors (Lipinski definition) is 1. The Morgan fingerprint density at radius 1 is 1.08 bits per heavy atom. The van der Waals surface area contributed by atoms with E-state index in [4.69, 9.17) is 7.85 Å². The van der Waals surface area contributed by atoms with E-state index in [1.807, 2.05) is 20.8 Å². The molecule has 0 bridgehead atoms. The van der Waals surface area contributed by atoms with Gasteiger partial charge in [0.25, 0.3) is 0 Å². The van der Waals surface area contributed by atoms with Gasteiger partial charge in [0.15, 0.2) is 0 Å². The number of hydrogen-bond acceptors (Lipinski definition) is 1. The molecule has 0 aromatic heterocycles. The van der Waals surface area contributed by atoms with Crippen LogP contribution in [0.1, 0.15) is 16.7 Å². The Balaban J connectivity index is 3.60. The van der Waals surface area contributed by atoms with Gasteiger partial charge in [0.1, 0.15) is 13.6 Å². The number of rotatable bonds is 0. The third-order valence-corrected chi connectivity index (χ3v) is 3.37. The van der Waals surface area contributed by atoms with E-state index in [0.29, 0.717) is 5.46 Å². The lowest BCUT2D eigenvalue weighted by atomic mass is 9.85. The van der Waals surface area contributed by atoms with Crippen LogP contribution in [0.5, 0.6) is 5.75 Å². The van der Waals surface area contributed by atoms with Crippen molar-refractivity contribution in [1.82, 2.24) is 0 Å².